The lowest BCUT2D eigenvalue weighted by molar-refractivity contribution is -0.0491. The van der Waals surface area contributed by atoms with Crippen molar-refractivity contribution < 1.29 is 4.74 Å². The molecule has 2 aliphatic heterocycles. The molecule has 7 nitrogen and oxygen atoms in total. The van der Waals surface area contributed by atoms with E-state index in [0.717, 1.165) is 51.7 Å². The molecule has 0 aliphatic carbocycles. The highest BCUT2D eigenvalue weighted by atomic mass is 127. The van der Waals surface area contributed by atoms with Gasteiger partial charge in [-0.05, 0) is 24.8 Å². The van der Waals surface area contributed by atoms with Gasteiger partial charge >= 0.3 is 0 Å². The van der Waals surface area contributed by atoms with Gasteiger partial charge in [0.05, 0.1) is 6.10 Å². The third-order valence-corrected chi connectivity index (χ3v) is 5.08. The maximum absolute atomic E-state index is 6.26. The fraction of sp³-hybridized carbons (Fsp3) is 0.722. The van der Waals surface area contributed by atoms with Crippen LogP contribution in [0.25, 0.3) is 0 Å². The van der Waals surface area contributed by atoms with Crippen LogP contribution in [0.15, 0.2) is 23.5 Å². The van der Waals surface area contributed by atoms with E-state index in [-0.39, 0.29) is 24.0 Å². The number of rotatable bonds is 4. The number of anilines is 1. The van der Waals surface area contributed by atoms with Gasteiger partial charge in [-0.3, -0.25) is 4.99 Å². The summed E-state index contributed by atoms with van der Waals surface area (Å²) >= 11 is 0. The number of piperazine rings is 1. The Kier molecular flexibility index (Phi) is 8.33. The van der Waals surface area contributed by atoms with Gasteiger partial charge < -0.3 is 20.3 Å². The highest BCUT2D eigenvalue weighted by molar-refractivity contribution is 14.0. The Hall–Kier alpha value is -1.16. The Balaban J connectivity index is 0.00000243. The molecule has 3 heterocycles. The monoisotopic (exact) mass is 474 g/mol. The first-order valence-corrected chi connectivity index (χ1v) is 9.33. The predicted octanol–water partition coefficient (Wildman–Crippen LogP) is 1.98. The second-order valence-electron chi connectivity index (χ2n) is 7.20. The Bertz CT molecular complexity index is 562. The van der Waals surface area contributed by atoms with E-state index in [1.807, 2.05) is 6.07 Å². The molecule has 146 valence electrons. The topological polar surface area (TPSA) is 79.9 Å². The Labute approximate surface area is 173 Å². The number of aliphatic imine (C=N–C) groups is 1. The van der Waals surface area contributed by atoms with Crippen LogP contribution in [0.4, 0.5) is 5.95 Å². The summed E-state index contributed by atoms with van der Waals surface area (Å²) < 4.78 is 5.95. The zero-order valence-electron chi connectivity index (χ0n) is 15.8. The van der Waals surface area contributed by atoms with Crippen molar-refractivity contribution in [1.82, 2.24) is 14.9 Å². The van der Waals surface area contributed by atoms with E-state index < -0.39 is 0 Å². The first kappa shape index (κ1) is 21.1. The van der Waals surface area contributed by atoms with Crippen LogP contribution >= 0.6 is 24.0 Å². The van der Waals surface area contributed by atoms with Crippen molar-refractivity contribution in [3.8, 4) is 0 Å². The van der Waals surface area contributed by atoms with Gasteiger partial charge in [0.25, 0.3) is 0 Å². The van der Waals surface area contributed by atoms with E-state index in [2.05, 4.69) is 33.6 Å². The van der Waals surface area contributed by atoms with Crippen molar-refractivity contribution in [2.45, 2.75) is 32.8 Å². The van der Waals surface area contributed by atoms with Gasteiger partial charge in [0, 0.05) is 57.6 Å². The molecule has 0 radical (unpaired) electrons. The summed E-state index contributed by atoms with van der Waals surface area (Å²) in [4.78, 5) is 17.7. The smallest absolute Gasteiger partial charge is 0.225 e. The molecule has 8 heteroatoms. The number of aromatic nitrogens is 2. The van der Waals surface area contributed by atoms with Gasteiger partial charge in [-0.2, -0.15) is 0 Å². The van der Waals surface area contributed by atoms with Crippen LogP contribution in [-0.2, 0) is 4.74 Å². The molecule has 2 unspecified atom stereocenters. The molecule has 1 aromatic rings. The molecular weight excluding hydrogens is 443 g/mol. The van der Waals surface area contributed by atoms with Crippen LogP contribution in [0.5, 0.6) is 0 Å². The molecule has 0 spiro atoms. The summed E-state index contributed by atoms with van der Waals surface area (Å²) in [6.07, 6.45) is 6.17. The molecule has 0 aromatic carbocycles. The summed E-state index contributed by atoms with van der Waals surface area (Å²) in [7, 11) is 0. The molecule has 26 heavy (non-hydrogen) atoms. The Morgan fingerprint density at radius 1 is 1.27 bits per heavy atom. The summed E-state index contributed by atoms with van der Waals surface area (Å²) in [5.41, 5.74) is 6.26. The van der Waals surface area contributed by atoms with Crippen LogP contribution in [0, 0.1) is 11.8 Å². The minimum atomic E-state index is 0. The zero-order valence-corrected chi connectivity index (χ0v) is 18.1. The maximum Gasteiger partial charge on any atom is 0.225 e. The number of hydrogen-bond acceptors (Lipinski definition) is 5. The average molecular weight is 474 g/mol. The third kappa shape index (κ3) is 5.42. The lowest BCUT2D eigenvalue weighted by Gasteiger charge is -2.36. The summed E-state index contributed by atoms with van der Waals surface area (Å²) in [5, 5.41) is 0. The van der Waals surface area contributed by atoms with Crippen LogP contribution < -0.4 is 10.6 Å². The Morgan fingerprint density at radius 3 is 2.62 bits per heavy atom. The largest absolute Gasteiger partial charge is 0.378 e. The number of guanidine groups is 1. The first-order chi connectivity index (χ1) is 12.1. The minimum Gasteiger partial charge on any atom is -0.378 e. The molecule has 2 fully saturated rings. The lowest BCUT2D eigenvalue weighted by Crippen LogP contribution is -2.51. The van der Waals surface area contributed by atoms with Crippen molar-refractivity contribution in [1.29, 1.82) is 0 Å². The van der Waals surface area contributed by atoms with Gasteiger partial charge in [-0.25, -0.2) is 9.97 Å². The quantitative estimate of drug-likeness (QED) is 0.409. The number of nitrogens with two attached hydrogens (primary N) is 1. The van der Waals surface area contributed by atoms with E-state index >= 15 is 0 Å². The van der Waals surface area contributed by atoms with Gasteiger partial charge in [0.1, 0.15) is 0 Å². The maximum atomic E-state index is 6.26. The van der Waals surface area contributed by atoms with Crippen molar-refractivity contribution in [3.63, 3.8) is 0 Å². The molecule has 2 N–H and O–H groups in total. The van der Waals surface area contributed by atoms with Gasteiger partial charge in [0.2, 0.25) is 5.95 Å². The van der Waals surface area contributed by atoms with E-state index in [1.165, 1.54) is 6.42 Å². The molecule has 2 saturated heterocycles. The molecule has 2 aliphatic rings. The lowest BCUT2D eigenvalue weighted by atomic mass is 9.87. The summed E-state index contributed by atoms with van der Waals surface area (Å²) in [6.45, 7) is 9.51. The van der Waals surface area contributed by atoms with Gasteiger partial charge in [0.15, 0.2) is 5.96 Å². The van der Waals surface area contributed by atoms with Gasteiger partial charge in [-0.15, -0.1) is 24.0 Å². The SMILES string of the molecule is CC(C)C1OCCCC1CN=C(N)N1CCN(c2ncccn2)CC1.I. The van der Waals surface area contributed by atoms with Crippen molar-refractivity contribution in [3.05, 3.63) is 18.5 Å². The molecular formula is C18H31IN6O. The third-order valence-electron chi connectivity index (χ3n) is 5.08. The Morgan fingerprint density at radius 2 is 1.96 bits per heavy atom. The molecule has 1 aromatic heterocycles. The minimum absolute atomic E-state index is 0. The summed E-state index contributed by atoms with van der Waals surface area (Å²) in [5.74, 6) is 2.45. The number of nitrogens with zero attached hydrogens (tertiary/aromatic N) is 5. The predicted molar refractivity (Wildman–Crippen MR) is 115 cm³/mol. The molecule has 2 atom stereocenters. The zero-order chi connectivity index (χ0) is 17.6. The molecule has 0 amide bonds. The van der Waals surface area contributed by atoms with E-state index in [4.69, 9.17) is 15.5 Å². The summed E-state index contributed by atoms with van der Waals surface area (Å²) in [6, 6.07) is 1.84. The second kappa shape index (κ2) is 10.2. The van der Waals surface area contributed by atoms with Crippen molar-refractivity contribution in [2.24, 2.45) is 22.6 Å². The number of halogens is 1. The highest BCUT2D eigenvalue weighted by Crippen LogP contribution is 2.26. The van der Waals surface area contributed by atoms with Crippen LogP contribution in [0.2, 0.25) is 0 Å². The first-order valence-electron chi connectivity index (χ1n) is 9.33. The molecule has 3 rings (SSSR count). The fourth-order valence-electron chi connectivity index (χ4n) is 3.70. The van der Waals surface area contributed by atoms with E-state index in [0.29, 0.717) is 23.9 Å². The van der Waals surface area contributed by atoms with Crippen molar-refractivity contribution in [2.75, 3.05) is 44.2 Å². The molecule has 0 saturated carbocycles. The van der Waals surface area contributed by atoms with E-state index in [9.17, 15) is 0 Å². The normalized spacial score (nSPS) is 24.5. The van der Waals surface area contributed by atoms with E-state index in [1.54, 1.807) is 12.4 Å². The van der Waals surface area contributed by atoms with Crippen LogP contribution in [0.3, 0.4) is 0 Å². The standard InChI is InChI=1S/C18H30N6O.HI/c1-14(2)16-15(5-3-12-25-16)13-22-17(19)23-8-10-24(11-9-23)18-20-6-4-7-21-18;/h4,6-7,14-16H,3,5,8-13H2,1-2H3,(H2,19,22);1H. The van der Waals surface area contributed by atoms with Crippen molar-refractivity contribution >= 4 is 35.9 Å². The number of hydrogen-bond donors (Lipinski definition) is 1. The van der Waals surface area contributed by atoms with Crippen LogP contribution in [0.1, 0.15) is 26.7 Å². The molecule has 0 bridgehead atoms. The van der Waals surface area contributed by atoms with Crippen LogP contribution in [-0.4, -0.2) is 66.3 Å². The van der Waals surface area contributed by atoms with Gasteiger partial charge in [-0.1, -0.05) is 13.8 Å². The second-order valence-corrected chi connectivity index (χ2v) is 7.20. The average Bonchev–Trinajstić information content (AvgIpc) is 2.67. The fourth-order valence-corrected chi connectivity index (χ4v) is 3.70. The number of ether oxygens (including phenoxy) is 1. The highest BCUT2D eigenvalue weighted by Gasteiger charge is 2.28.